The van der Waals surface area contributed by atoms with Gasteiger partial charge in [-0.3, -0.25) is 20.2 Å². The van der Waals surface area contributed by atoms with Crippen LogP contribution in [0.15, 0.2) is 46.9 Å². The van der Waals surface area contributed by atoms with Gasteiger partial charge in [0.25, 0.3) is 5.91 Å². The molecule has 2 N–H and O–H groups in total. The van der Waals surface area contributed by atoms with Gasteiger partial charge in [0.2, 0.25) is 0 Å². The van der Waals surface area contributed by atoms with Crippen molar-refractivity contribution in [2.24, 2.45) is 0 Å². The van der Waals surface area contributed by atoms with Gasteiger partial charge < -0.3 is 10.1 Å². The van der Waals surface area contributed by atoms with E-state index in [1.807, 2.05) is 12.1 Å². The number of carbonyl (C=O) groups excluding carboxylic acids is 1. The van der Waals surface area contributed by atoms with Gasteiger partial charge >= 0.3 is 5.69 Å². The maximum absolute atomic E-state index is 12.2. The van der Waals surface area contributed by atoms with Crippen molar-refractivity contribution in [2.45, 2.75) is 6.92 Å². The Kier molecular flexibility index (Phi) is 6.43. The van der Waals surface area contributed by atoms with Crippen LogP contribution in [0.3, 0.4) is 0 Å². The van der Waals surface area contributed by atoms with E-state index >= 15 is 0 Å². The van der Waals surface area contributed by atoms with Gasteiger partial charge in [-0.1, -0.05) is 15.9 Å². The summed E-state index contributed by atoms with van der Waals surface area (Å²) in [5.74, 6) is -0.444. The molecular formula is C16H14BrN3O4S. The van der Waals surface area contributed by atoms with Crippen LogP contribution in [0.25, 0.3) is 0 Å². The van der Waals surface area contributed by atoms with Gasteiger partial charge in [0.1, 0.15) is 0 Å². The van der Waals surface area contributed by atoms with Crippen LogP contribution in [0.1, 0.15) is 17.3 Å². The zero-order valence-corrected chi connectivity index (χ0v) is 15.5. The maximum atomic E-state index is 12.2. The Morgan fingerprint density at radius 1 is 1.28 bits per heavy atom. The highest BCUT2D eigenvalue weighted by atomic mass is 79.9. The Bertz CT molecular complexity index is 812. The first kappa shape index (κ1) is 18.8. The molecule has 2 aromatic carbocycles. The molecule has 25 heavy (non-hydrogen) atoms. The predicted molar refractivity (Wildman–Crippen MR) is 102 cm³/mol. The molecule has 0 heterocycles. The number of halogens is 1. The summed E-state index contributed by atoms with van der Waals surface area (Å²) >= 11 is 8.41. The number of amides is 1. The number of nitrogens with one attached hydrogen (secondary N) is 2. The molecule has 0 spiro atoms. The Labute approximate surface area is 157 Å². The third-order valence-corrected chi connectivity index (χ3v) is 3.78. The number of nitro benzene ring substituents is 1. The molecule has 130 valence electrons. The summed E-state index contributed by atoms with van der Waals surface area (Å²) in [6.07, 6.45) is 0. The van der Waals surface area contributed by atoms with Crippen molar-refractivity contribution in [3.63, 3.8) is 0 Å². The van der Waals surface area contributed by atoms with E-state index in [0.717, 1.165) is 10.5 Å². The molecule has 2 aromatic rings. The fourth-order valence-electron chi connectivity index (χ4n) is 1.95. The first-order valence-electron chi connectivity index (χ1n) is 7.20. The van der Waals surface area contributed by atoms with Gasteiger partial charge in [-0.25, -0.2) is 0 Å². The van der Waals surface area contributed by atoms with E-state index in [0.29, 0.717) is 5.69 Å². The van der Waals surface area contributed by atoms with Crippen LogP contribution in [0.4, 0.5) is 11.4 Å². The monoisotopic (exact) mass is 423 g/mol. The molecule has 1 amide bonds. The van der Waals surface area contributed by atoms with Crippen LogP contribution in [0.2, 0.25) is 0 Å². The van der Waals surface area contributed by atoms with Crippen molar-refractivity contribution in [3.05, 3.63) is 62.6 Å². The zero-order chi connectivity index (χ0) is 18.4. The summed E-state index contributed by atoms with van der Waals surface area (Å²) < 4.78 is 6.10. The largest absolute Gasteiger partial charge is 0.487 e. The van der Waals surface area contributed by atoms with E-state index < -0.39 is 10.8 Å². The summed E-state index contributed by atoms with van der Waals surface area (Å²) in [5, 5.41) is 16.5. The van der Waals surface area contributed by atoms with E-state index in [-0.39, 0.29) is 28.7 Å². The number of nitro groups is 1. The SMILES string of the molecule is CCOc1ccc(C(=O)NC(=S)Nc2ccc(Br)cc2)cc1[N+](=O)[O-]. The molecule has 0 aromatic heterocycles. The molecule has 0 atom stereocenters. The smallest absolute Gasteiger partial charge is 0.311 e. The highest BCUT2D eigenvalue weighted by Gasteiger charge is 2.19. The van der Waals surface area contributed by atoms with E-state index in [1.165, 1.54) is 12.1 Å². The third kappa shape index (κ3) is 5.23. The number of hydrogen-bond donors (Lipinski definition) is 2. The molecular weight excluding hydrogens is 410 g/mol. The number of thiocarbonyl (C=S) groups is 1. The molecule has 9 heteroatoms. The lowest BCUT2D eigenvalue weighted by Gasteiger charge is -2.10. The fraction of sp³-hybridized carbons (Fsp3) is 0.125. The molecule has 0 aliphatic carbocycles. The molecule has 0 radical (unpaired) electrons. The molecule has 0 fully saturated rings. The van der Waals surface area contributed by atoms with E-state index in [1.54, 1.807) is 19.1 Å². The minimum Gasteiger partial charge on any atom is -0.487 e. The van der Waals surface area contributed by atoms with Gasteiger partial charge in [0.05, 0.1) is 11.5 Å². The Morgan fingerprint density at radius 3 is 2.56 bits per heavy atom. The standard InChI is InChI=1S/C16H14BrN3O4S/c1-2-24-14-8-3-10(9-13(14)20(22)23)15(21)19-16(25)18-12-6-4-11(17)5-7-12/h3-9H,2H2,1H3,(H2,18,19,21,25). The number of nitrogens with zero attached hydrogens (tertiary/aromatic N) is 1. The van der Waals surface area contributed by atoms with Crippen LogP contribution >= 0.6 is 28.1 Å². The third-order valence-electron chi connectivity index (χ3n) is 3.05. The van der Waals surface area contributed by atoms with Crippen molar-refractivity contribution in [1.29, 1.82) is 0 Å². The first-order valence-corrected chi connectivity index (χ1v) is 8.40. The molecule has 2 rings (SSSR count). The predicted octanol–water partition coefficient (Wildman–Crippen LogP) is 3.88. The van der Waals surface area contributed by atoms with Gasteiger partial charge in [-0.15, -0.1) is 0 Å². The number of benzene rings is 2. The molecule has 7 nitrogen and oxygen atoms in total. The summed E-state index contributed by atoms with van der Waals surface area (Å²) in [4.78, 5) is 22.8. The summed E-state index contributed by atoms with van der Waals surface area (Å²) in [6.45, 7) is 2.00. The molecule has 0 unspecified atom stereocenters. The highest BCUT2D eigenvalue weighted by Crippen LogP contribution is 2.28. The molecule has 0 aliphatic heterocycles. The Balaban J connectivity index is 2.09. The molecule has 0 bridgehead atoms. The molecule has 0 saturated heterocycles. The van der Waals surface area contributed by atoms with Crippen LogP contribution in [0, 0.1) is 10.1 Å². The zero-order valence-electron chi connectivity index (χ0n) is 13.1. The van der Waals surface area contributed by atoms with Gasteiger partial charge in [-0.2, -0.15) is 0 Å². The van der Waals surface area contributed by atoms with Crippen LogP contribution in [-0.2, 0) is 0 Å². The van der Waals surface area contributed by atoms with Crippen LogP contribution < -0.4 is 15.4 Å². The topological polar surface area (TPSA) is 93.5 Å². The first-order chi connectivity index (χ1) is 11.9. The Hall–Kier alpha value is -2.52. The van der Waals surface area contributed by atoms with Gasteiger partial charge in [0.15, 0.2) is 10.9 Å². The highest BCUT2D eigenvalue weighted by molar-refractivity contribution is 9.10. The molecule has 0 saturated carbocycles. The lowest BCUT2D eigenvalue weighted by Crippen LogP contribution is -2.34. The molecule has 0 aliphatic rings. The summed E-state index contributed by atoms with van der Waals surface area (Å²) in [6, 6.07) is 11.2. The lowest BCUT2D eigenvalue weighted by atomic mass is 10.1. The normalized spacial score (nSPS) is 10.0. The van der Waals surface area contributed by atoms with Crippen molar-refractivity contribution in [2.75, 3.05) is 11.9 Å². The fourth-order valence-corrected chi connectivity index (χ4v) is 2.42. The second kappa shape index (κ2) is 8.54. The number of ether oxygens (including phenoxy) is 1. The van der Waals surface area contributed by atoms with Crippen molar-refractivity contribution < 1.29 is 14.5 Å². The van der Waals surface area contributed by atoms with Crippen molar-refractivity contribution in [3.8, 4) is 5.75 Å². The number of rotatable bonds is 5. The van der Waals surface area contributed by atoms with E-state index in [4.69, 9.17) is 17.0 Å². The number of carbonyl (C=O) groups is 1. The Morgan fingerprint density at radius 2 is 1.96 bits per heavy atom. The number of hydrogen-bond acceptors (Lipinski definition) is 5. The second-order valence-corrected chi connectivity index (χ2v) is 6.11. The van der Waals surface area contributed by atoms with Crippen LogP contribution in [-0.4, -0.2) is 22.5 Å². The summed E-state index contributed by atoms with van der Waals surface area (Å²) in [5.41, 5.74) is 0.530. The van der Waals surface area contributed by atoms with Crippen molar-refractivity contribution in [1.82, 2.24) is 5.32 Å². The van der Waals surface area contributed by atoms with Gasteiger partial charge in [-0.05, 0) is 55.5 Å². The minimum atomic E-state index is -0.597. The quantitative estimate of drug-likeness (QED) is 0.430. The minimum absolute atomic E-state index is 0.0869. The number of anilines is 1. The van der Waals surface area contributed by atoms with Crippen LogP contribution in [0.5, 0.6) is 5.75 Å². The van der Waals surface area contributed by atoms with Gasteiger partial charge in [0, 0.05) is 21.8 Å². The lowest BCUT2D eigenvalue weighted by molar-refractivity contribution is -0.385. The summed E-state index contributed by atoms with van der Waals surface area (Å²) in [7, 11) is 0. The maximum Gasteiger partial charge on any atom is 0.311 e. The van der Waals surface area contributed by atoms with E-state index in [2.05, 4.69) is 26.6 Å². The average Bonchev–Trinajstić information content (AvgIpc) is 2.57. The van der Waals surface area contributed by atoms with E-state index in [9.17, 15) is 14.9 Å². The van der Waals surface area contributed by atoms with Crippen molar-refractivity contribution >= 4 is 50.5 Å². The second-order valence-electron chi connectivity index (χ2n) is 4.79. The average molecular weight is 424 g/mol.